The Labute approximate surface area is 204 Å². The molecule has 0 aromatic carbocycles. The third-order valence-corrected chi connectivity index (χ3v) is 7.23. The first-order valence-corrected chi connectivity index (χ1v) is 12.1. The minimum Gasteiger partial charge on any atom is -0.396 e. The third kappa shape index (κ3) is 4.48. The molecular weight excluding hydrogens is 449 g/mol. The standard InChI is InChI=1S/C25H32FN7O2/c1-15(13-34)18-11-29-23(33-9-5-16(33)2)19-12-28-22(10-17(18)19)30-21-4-7-27-24(31-21)32-8-6-20(35)25(3,26)14-32/h4,7,10-12,15-16,20,34-35H,5-6,8-9,13-14H2,1-3H3,(H,27,28,30,31)/t15-,16-,20+,25-/m0/s1. The number of aromatic nitrogens is 4. The summed E-state index contributed by atoms with van der Waals surface area (Å²) < 4.78 is 14.7. The maximum Gasteiger partial charge on any atom is 0.227 e. The topological polar surface area (TPSA) is 111 Å². The molecule has 10 heteroatoms. The fourth-order valence-electron chi connectivity index (χ4n) is 4.77. The largest absolute Gasteiger partial charge is 0.396 e. The van der Waals surface area contributed by atoms with E-state index in [-0.39, 0.29) is 19.1 Å². The summed E-state index contributed by atoms with van der Waals surface area (Å²) in [6.45, 7) is 7.05. The molecule has 0 radical (unpaired) electrons. The minimum atomic E-state index is -1.72. The van der Waals surface area contributed by atoms with E-state index >= 15 is 0 Å². The van der Waals surface area contributed by atoms with Gasteiger partial charge in [0.1, 0.15) is 17.5 Å². The number of nitrogens with zero attached hydrogens (tertiary/aromatic N) is 6. The summed E-state index contributed by atoms with van der Waals surface area (Å²) >= 11 is 0. The summed E-state index contributed by atoms with van der Waals surface area (Å²) in [5, 5.41) is 24.9. The Balaban J connectivity index is 1.45. The minimum absolute atomic E-state index is 0.0224. The van der Waals surface area contributed by atoms with Crippen molar-refractivity contribution in [2.75, 3.05) is 41.4 Å². The second kappa shape index (κ2) is 9.16. The SMILES string of the molecule is C[C@@H](CO)c1cnc(N2CC[C@@H]2C)c2cnc(Nc3ccnc(N4CC[C@@H](O)[C@@](C)(F)C4)n3)cc12. The van der Waals surface area contributed by atoms with Crippen molar-refractivity contribution in [2.24, 2.45) is 0 Å². The second-order valence-electron chi connectivity index (χ2n) is 9.94. The van der Waals surface area contributed by atoms with Gasteiger partial charge in [-0.25, -0.2) is 19.3 Å². The molecule has 0 saturated carbocycles. The first kappa shape index (κ1) is 23.6. The number of piperidine rings is 1. The fourth-order valence-corrected chi connectivity index (χ4v) is 4.77. The number of hydrogen-bond acceptors (Lipinski definition) is 9. The number of rotatable bonds is 6. The summed E-state index contributed by atoms with van der Waals surface area (Å²) in [6, 6.07) is 4.13. The van der Waals surface area contributed by atoms with Crippen LogP contribution in [0, 0.1) is 0 Å². The van der Waals surface area contributed by atoms with E-state index < -0.39 is 11.8 Å². The first-order chi connectivity index (χ1) is 16.8. The molecule has 3 aromatic heterocycles. The highest BCUT2D eigenvalue weighted by Gasteiger charge is 2.39. The molecule has 0 spiro atoms. The van der Waals surface area contributed by atoms with E-state index in [1.54, 1.807) is 17.2 Å². The molecule has 186 valence electrons. The highest BCUT2D eigenvalue weighted by molar-refractivity contribution is 5.96. The van der Waals surface area contributed by atoms with Gasteiger partial charge in [0.15, 0.2) is 5.67 Å². The zero-order valence-corrected chi connectivity index (χ0v) is 20.3. The summed E-state index contributed by atoms with van der Waals surface area (Å²) in [6.07, 6.45) is 5.77. The average Bonchev–Trinajstić information content (AvgIpc) is 2.84. The Kier molecular flexibility index (Phi) is 6.18. The highest BCUT2D eigenvalue weighted by Crippen LogP contribution is 2.36. The Bertz CT molecular complexity index is 1220. The monoisotopic (exact) mass is 481 g/mol. The Hall–Kier alpha value is -3.11. The molecule has 35 heavy (non-hydrogen) atoms. The predicted molar refractivity (Wildman–Crippen MR) is 134 cm³/mol. The van der Waals surface area contributed by atoms with Crippen molar-refractivity contribution in [1.82, 2.24) is 19.9 Å². The number of nitrogens with one attached hydrogen (secondary N) is 1. The van der Waals surface area contributed by atoms with Crippen LogP contribution in [0.1, 0.15) is 45.1 Å². The van der Waals surface area contributed by atoms with Crippen molar-refractivity contribution >= 4 is 34.2 Å². The number of aliphatic hydroxyl groups is 2. The average molecular weight is 482 g/mol. The molecule has 2 aliphatic heterocycles. The predicted octanol–water partition coefficient (Wildman–Crippen LogP) is 3.16. The number of aliphatic hydroxyl groups excluding tert-OH is 2. The van der Waals surface area contributed by atoms with E-state index in [0.29, 0.717) is 36.6 Å². The maximum absolute atomic E-state index is 14.7. The number of hydrogen-bond donors (Lipinski definition) is 3. The van der Waals surface area contributed by atoms with Crippen molar-refractivity contribution in [3.8, 4) is 0 Å². The van der Waals surface area contributed by atoms with Crippen LogP contribution in [0.2, 0.25) is 0 Å². The van der Waals surface area contributed by atoms with Crippen LogP contribution in [0.5, 0.6) is 0 Å². The lowest BCUT2D eigenvalue weighted by atomic mass is 9.94. The zero-order valence-electron chi connectivity index (χ0n) is 20.3. The van der Waals surface area contributed by atoms with Crippen LogP contribution in [0.3, 0.4) is 0 Å². The molecule has 3 N–H and O–H groups in total. The van der Waals surface area contributed by atoms with Crippen LogP contribution in [-0.4, -0.2) is 74.2 Å². The van der Waals surface area contributed by atoms with Crippen LogP contribution in [-0.2, 0) is 0 Å². The van der Waals surface area contributed by atoms with Gasteiger partial charge in [0.2, 0.25) is 5.95 Å². The second-order valence-corrected chi connectivity index (χ2v) is 9.94. The molecule has 0 unspecified atom stereocenters. The summed E-state index contributed by atoms with van der Waals surface area (Å²) in [4.78, 5) is 22.2. The van der Waals surface area contributed by atoms with Crippen molar-refractivity contribution in [2.45, 2.75) is 57.3 Å². The summed E-state index contributed by atoms with van der Waals surface area (Å²) in [7, 11) is 0. The molecule has 0 aliphatic carbocycles. The molecule has 5 rings (SSSR count). The van der Waals surface area contributed by atoms with Crippen LogP contribution in [0.15, 0.2) is 30.7 Å². The van der Waals surface area contributed by atoms with Gasteiger partial charge in [0, 0.05) is 55.6 Å². The fraction of sp³-hybridized carbons (Fsp3) is 0.520. The molecule has 0 amide bonds. The smallest absolute Gasteiger partial charge is 0.227 e. The molecule has 0 bridgehead atoms. The van der Waals surface area contributed by atoms with E-state index in [2.05, 4.69) is 32.1 Å². The van der Waals surface area contributed by atoms with Gasteiger partial charge in [-0.2, -0.15) is 4.98 Å². The molecular formula is C25H32FN7O2. The molecule has 2 fully saturated rings. The van der Waals surface area contributed by atoms with Crippen LogP contribution >= 0.6 is 0 Å². The maximum atomic E-state index is 14.7. The molecule has 2 aliphatic rings. The van der Waals surface area contributed by atoms with Crippen molar-refractivity contribution in [3.05, 3.63) is 36.3 Å². The van der Waals surface area contributed by atoms with Crippen LogP contribution < -0.4 is 15.1 Å². The van der Waals surface area contributed by atoms with E-state index in [1.807, 2.05) is 25.4 Å². The quantitative estimate of drug-likeness (QED) is 0.489. The molecule has 5 heterocycles. The van der Waals surface area contributed by atoms with Gasteiger partial charge in [-0.05, 0) is 49.8 Å². The van der Waals surface area contributed by atoms with Gasteiger partial charge < -0.3 is 25.3 Å². The number of anilines is 4. The lowest BCUT2D eigenvalue weighted by molar-refractivity contribution is -0.00860. The summed E-state index contributed by atoms with van der Waals surface area (Å²) in [5.74, 6) is 2.39. The van der Waals surface area contributed by atoms with Gasteiger partial charge in [-0.15, -0.1) is 0 Å². The van der Waals surface area contributed by atoms with Gasteiger partial charge in [-0.3, -0.25) is 0 Å². The number of pyridine rings is 2. The third-order valence-electron chi connectivity index (χ3n) is 7.23. The van der Waals surface area contributed by atoms with Gasteiger partial charge in [0.25, 0.3) is 0 Å². The van der Waals surface area contributed by atoms with Gasteiger partial charge in [-0.1, -0.05) is 6.92 Å². The van der Waals surface area contributed by atoms with Crippen LogP contribution in [0.25, 0.3) is 10.8 Å². The molecule has 3 aromatic rings. The Morgan fingerprint density at radius 1 is 1.17 bits per heavy atom. The first-order valence-electron chi connectivity index (χ1n) is 12.1. The van der Waals surface area contributed by atoms with Gasteiger partial charge in [0.05, 0.1) is 12.6 Å². The normalized spacial score (nSPS) is 25.4. The number of fused-ring (bicyclic) bond motifs is 1. The van der Waals surface area contributed by atoms with E-state index in [4.69, 9.17) is 4.98 Å². The van der Waals surface area contributed by atoms with Crippen LogP contribution in [0.4, 0.5) is 27.8 Å². The molecule has 4 atom stereocenters. The van der Waals surface area contributed by atoms with E-state index in [9.17, 15) is 14.6 Å². The molecule has 2 saturated heterocycles. The number of halogens is 1. The lowest BCUT2D eigenvalue weighted by Crippen LogP contribution is -2.52. The lowest BCUT2D eigenvalue weighted by Gasteiger charge is -2.40. The van der Waals surface area contributed by atoms with E-state index in [1.165, 1.54) is 6.92 Å². The van der Waals surface area contributed by atoms with Crippen molar-refractivity contribution in [1.29, 1.82) is 0 Å². The summed E-state index contributed by atoms with van der Waals surface area (Å²) in [5.41, 5.74) is -0.757. The molecule has 9 nitrogen and oxygen atoms in total. The number of alkyl halides is 1. The highest BCUT2D eigenvalue weighted by atomic mass is 19.1. The van der Waals surface area contributed by atoms with E-state index in [0.717, 1.165) is 35.1 Å². The van der Waals surface area contributed by atoms with Crippen molar-refractivity contribution < 1.29 is 14.6 Å². The zero-order chi connectivity index (χ0) is 24.7. The Morgan fingerprint density at radius 3 is 2.69 bits per heavy atom. The van der Waals surface area contributed by atoms with Crippen molar-refractivity contribution in [3.63, 3.8) is 0 Å². The van der Waals surface area contributed by atoms with Gasteiger partial charge >= 0.3 is 0 Å². The Morgan fingerprint density at radius 2 is 2.00 bits per heavy atom.